The number of rotatable bonds is 4. The topological polar surface area (TPSA) is 84.1 Å². The van der Waals surface area contributed by atoms with Gasteiger partial charge in [0.2, 0.25) is 5.95 Å². The van der Waals surface area contributed by atoms with Gasteiger partial charge >= 0.3 is 0 Å². The average Bonchev–Trinajstić information content (AvgIpc) is 2.37. The van der Waals surface area contributed by atoms with E-state index in [1.807, 2.05) is 0 Å². The Hall–Kier alpha value is -1.92. The zero-order valence-corrected chi connectivity index (χ0v) is 11.5. The van der Waals surface area contributed by atoms with Gasteiger partial charge in [-0.2, -0.15) is 4.98 Å². The summed E-state index contributed by atoms with van der Waals surface area (Å²) in [4.78, 5) is 7.71. The number of halogens is 2. The van der Waals surface area contributed by atoms with Crippen LogP contribution in [0.3, 0.4) is 0 Å². The zero-order valence-electron chi connectivity index (χ0n) is 10.7. The smallest absolute Gasteiger partial charge is 0.223 e. The number of hydrogen-bond donors (Lipinski definition) is 3. The number of aliphatic hydroxyl groups is 1. The van der Waals surface area contributed by atoms with Crippen LogP contribution in [0, 0.1) is 5.82 Å². The molecule has 0 bridgehead atoms. The van der Waals surface area contributed by atoms with Gasteiger partial charge in [0, 0.05) is 6.07 Å². The molecule has 106 valence electrons. The van der Waals surface area contributed by atoms with Crippen LogP contribution in [0.4, 0.5) is 16.2 Å². The zero-order chi connectivity index (χ0) is 14.7. The number of aliphatic hydroxyl groups excluding tert-OH is 1. The third kappa shape index (κ3) is 3.55. The Kier molecular flexibility index (Phi) is 4.36. The molecular formula is C13H14ClFN4O. The van der Waals surface area contributed by atoms with Gasteiger partial charge in [-0.15, -0.1) is 0 Å². The van der Waals surface area contributed by atoms with Gasteiger partial charge in [0.05, 0.1) is 12.1 Å². The van der Waals surface area contributed by atoms with Crippen molar-refractivity contribution in [3.63, 3.8) is 0 Å². The minimum absolute atomic E-state index is 0.0449. The molecule has 0 fully saturated rings. The normalized spacial score (nSPS) is 13.8. The molecule has 4 N–H and O–H groups in total. The molecule has 2 rings (SSSR count). The molecule has 0 saturated heterocycles. The monoisotopic (exact) mass is 296 g/mol. The second kappa shape index (κ2) is 6.02. The molecule has 0 radical (unpaired) electrons. The number of nitrogens with zero attached hydrogens (tertiary/aromatic N) is 2. The van der Waals surface area contributed by atoms with Gasteiger partial charge in [0.1, 0.15) is 16.8 Å². The van der Waals surface area contributed by atoms with E-state index in [4.69, 9.17) is 17.3 Å². The van der Waals surface area contributed by atoms with E-state index >= 15 is 0 Å². The fourth-order valence-electron chi connectivity index (χ4n) is 1.77. The van der Waals surface area contributed by atoms with Crippen molar-refractivity contribution in [1.29, 1.82) is 0 Å². The van der Waals surface area contributed by atoms with E-state index < -0.39 is 6.10 Å². The second-order valence-corrected chi connectivity index (χ2v) is 4.75. The van der Waals surface area contributed by atoms with Gasteiger partial charge < -0.3 is 16.2 Å². The Morgan fingerprint density at radius 1 is 1.30 bits per heavy atom. The number of benzene rings is 1. The fourth-order valence-corrected chi connectivity index (χ4v) is 1.96. The molecule has 0 unspecified atom stereocenters. The summed E-state index contributed by atoms with van der Waals surface area (Å²) in [7, 11) is 0. The lowest BCUT2D eigenvalue weighted by Gasteiger charge is -2.21. The lowest BCUT2D eigenvalue weighted by Crippen LogP contribution is -2.24. The van der Waals surface area contributed by atoms with Gasteiger partial charge in [0.25, 0.3) is 0 Å². The van der Waals surface area contributed by atoms with Crippen LogP contribution in [0.15, 0.2) is 30.3 Å². The highest BCUT2D eigenvalue weighted by atomic mass is 35.5. The summed E-state index contributed by atoms with van der Waals surface area (Å²) in [6.45, 7) is 1.76. The van der Waals surface area contributed by atoms with Crippen molar-refractivity contribution >= 4 is 23.4 Å². The lowest BCUT2D eigenvalue weighted by molar-refractivity contribution is 0.160. The molecule has 7 heteroatoms. The summed E-state index contributed by atoms with van der Waals surface area (Å²) in [5, 5.41) is 13.4. The van der Waals surface area contributed by atoms with Gasteiger partial charge in [-0.3, -0.25) is 0 Å². The number of nitrogens with two attached hydrogens (primary N) is 1. The Bertz CT molecular complexity index is 573. The average molecular weight is 297 g/mol. The number of hydrogen-bond acceptors (Lipinski definition) is 5. The predicted octanol–water partition coefficient (Wildman–Crippen LogP) is 2.39. The minimum Gasteiger partial charge on any atom is -0.386 e. The van der Waals surface area contributed by atoms with Crippen molar-refractivity contribution in [2.24, 2.45) is 0 Å². The van der Waals surface area contributed by atoms with Crippen LogP contribution in [0.2, 0.25) is 5.15 Å². The summed E-state index contributed by atoms with van der Waals surface area (Å²) in [5.74, 6) is 0.108. The number of aromatic nitrogens is 2. The standard InChI is InChI=1S/C13H14ClFN4O/c1-7(12(20)8-2-4-9(15)5-3-8)17-11-6-10(14)18-13(16)19-11/h2-7,12,20H,1H3,(H3,16,17,18,19)/t7-,12-/m0/s1. The SMILES string of the molecule is C[C@H](Nc1cc(Cl)nc(N)n1)[C@H](O)c1ccc(F)cc1. The highest BCUT2D eigenvalue weighted by molar-refractivity contribution is 6.29. The van der Waals surface area contributed by atoms with Crippen LogP contribution in [0.25, 0.3) is 0 Å². The van der Waals surface area contributed by atoms with E-state index in [0.29, 0.717) is 11.4 Å². The molecule has 0 amide bonds. The van der Waals surface area contributed by atoms with Crippen molar-refractivity contribution in [1.82, 2.24) is 9.97 Å². The first kappa shape index (κ1) is 14.5. The molecule has 0 spiro atoms. The molecule has 0 aliphatic heterocycles. The lowest BCUT2D eigenvalue weighted by atomic mass is 10.0. The quantitative estimate of drug-likeness (QED) is 0.755. The van der Waals surface area contributed by atoms with E-state index in [-0.39, 0.29) is 23.0 Å². The van der Waals surface area contributed by atoms with Crippen molar-refractivity contribution in [3.8, 4) is 0 Å². The van der Waals surface area contributed by atoms with Gasteiger partial charge in [-0.05, 0) is 24.6 Å². The molecule has 2 aromatic rings. The maximum Gasteiger partial charge on any atom is 0.223 e. The van der Waals surface area contributed by atoms with Crippen LogP contribution in [0.1, 0.15) is 18.6 Å². The number of nitrogen functional groups attached to an aromatic ring is 1. The summed E-state index contributed by atoms with van der Waals surface area (Å²) in [6.07, 6.45) is -0.828. The fraction of sp³-hybridized carbons (Fsp3) is 0.231. The molecule has 0 aliphatic rings. The Morgan fingerprint density at radius 3 is 2.55 bits per heavy atom. The third-order valence-corrected chi connectivity index (χ3v) is 2.97. The van der Waals surface area contributed by atoms with Crippen LogP contribution in [-0.2, 0) is 0 Å². The first-order valence-corrected chi connectivity index (χ1v) is 6.33. The summed E-state index contributed by atoms with van der Waals surface area (Å²) in [5.41, 5.74) is 6.08. The molecule has 5 nitrogen and oxygen atoms in total. The molecule has 1 heterocycles. The first-order chi connectivity index (χ1) is 9.45. The van der Waals surface area contributed by atoms with Gasteiger partial charge in [-0.1, -0.05) is 23.7 Å². The highest BCUT2D eigenvalue weighted by Crippen LogP contribution is 2.21. The predicted molar refractivity (Wildman–Crippen MR) is 75.9 cm³/mol. The molecular weight excluding hydrogens is 283 g/mol. The van der Waals surface area contributed by atoms with Crippen molar-refractivity contribution in [2.45, 2.75) is 19.1 Å². The summed E-state index contributed by atoms with van der Waals surface area (Å²) < 4.78 is 12.8. The van der Waals surface area contributed by atoms with Crippen LogP contribution in [-0.4, -0.2) is 21.1 Å². The van der Waals surface area contributed by atoms with E-state index in [1.165, 1.54) is 30.3 Å². The molecule has 0 aliphatic carbocycles. The van der Waals surface area contributed by atoms with E-state index in [0.717, 1.165) is 0 Å². The number of anilines is 2. The van der Waals surface area contributed by atoms with E-state index in [9.17, 15) is 9.50 Å². The van der Waals surface area contributed by atoms with Crippen LogP contribution < -0.4 is 11.1 Å². The van der Waals surface area contributed by atoms with Crippen LogP contribution >= 0.6 is 11.6 Å². The van der Waals surface area contributed by atoms with E-state index in [2.05, 4.69) is 15.3 Å². The van der Waals surface area contributed by atoms with Crippen molar-refractivity contribution in [2.75, 3.05) is 11.1 Å². The maximum absolute atomic E-state index is 12.8. The Morgan fingerprint density at radius 2 is 1.95 bits per heavy atom. The maximum atomic E-state index is 12.8. The highest BCUT2D eigenvalue weighted by Gasteiger charge is 2.17. The first-order valence-electron chi connectivity index (χ1n) is 5.96. The second-order valence-electron chi connectivity index (χ2n) is 4.36. The third-order valence-electron chi connectivity index (χ3n) is 2.77. The molecule has 1 aromatic heterocycles. The minimum atomic E-state index is -0.828. The number of nitrogens with one attached hydrogen (secondary N) is 1. The Labute approximate surface area is 120 Å². The summed E-state index contributed by atoms with van der Waals surface area (Å²) >= 11 is 5.77. The van der Waals surface area contributed by atoms with Crippen molar-refractivity contribution in [3.05, 3.63) is 46.9 Å². The largest absolute Gasteiger partial charge is 0.386 e. The Balaban J connectivity index is 2.10. The molecule has 20 heavy (non-hydrogen) atoms. The van der Waals surface area contributed by atoms with E-state index in [1.54, 1.807) is 6.92 Å². The molecule has 0 saturated carbocycles. The van der Waals surface area contributed by atoms with Crippen LogP contribution in [0.5, 0.6) is 0 Å². The van der Waals surface area contributed by atoms with Gasteiger partial charge in [0.15, 0.2) is 0 Å². The molecule has 2 atom stereocenters. The van der Waals surface area contributed by atoms with Gasteiger partial charge in [-0.25, -0.2) is 9.37 Å². The van der Waals surface area contributed by atoms with Crippen molar-refractivity contribution < 1.29 is 9.50 Å². The summed E-state index contributed by atoms with van der Waals surface area (Å²) in [6, 6.07) is 6.78. The molecule has 1 aromatic carbocycles.